The van der Waals surface area contributed by atoms with Gasteiger partial charge in [0.2, 0.25) is 17.7 Å². The number of ether oxygens (including phenoxy) is 3. The molecule has 2 aromatic rings. The lowest BCUT2D eigenvalue weighted by Crippen LogP contribution is -2.31. The van der Waals surface area contributed by atoms with Crippen LogP contribution in [0.25, 0.3) is 0 Å². The number of carbonyl (C=O) groups is 1. The molecule has 128 valence electrons. The SMILES string of the molecule is COc1cc(OC)nc(NC(=O)[C@@H](C)Oc2ccc(Cl)cc2Cl)n1. The van der Waals surface area contributed by atoms with Crippen molar-refractivity contribution in [1.29, 1.82) is 0 Å². The van der Waals surface area contributed by atoms with Gasteiger partial charge in [-0.05, 0) is 25.1 Å². The van der Waals surface area contributed by atoms with E-state index in [1.165, 1.54) is 26.4 Å². The van der Waals surface area contributed by atoms with Gasteiger partial charge in [-0.1, -0.05) is 23.2 Å². The number of hydrogen-bond donors (Lipinski definition) is 1. The Hall–Kier alpha value is -2.25. The number of rotatable bonds is 6. The van der Waals surface area contributed by atoms with Crippen LogP contribution >= 0.6 is 23.2 Å². The molecule has 0 aliphatic rings. The third-order valence-electron chi connectivity index (χ3n) is 2.90. The van der Waals surface area contributed by atoms with Crippen LogP contribution < -0.4 is 19.5 Å². The first-order chi connectivity index (χ1) is 11.4. The van der Waals surface area contributed by atoms with Gasteiger partial charge in [0.1, 0.15) is 5.75 Å². The number of methoxy groups -OCH3 is 2. The highest BCUT2D eigenvalue weighted by molar-refractivity contribution is 6.35. The van der Waals surface area contributed by atoms with E-state index in [9.17, 15) is 4.79 Å². The normalized spacial score (nSPS) is 11.5. The summed E-state index contributed by atoms with van der Waals surface area (Å²) in [6.45, 7) is 1.57. The van der Waals surface area contributed by atoms with Crippen molar-refractivity contribution in [3.05, 3.63) is 34.3 Å². The standard InChI is InChI=1S/C15H15Cl2N3O4/c1-8(24-11-5-4-9(16)6-10(11)17)14(21)20-15-18-12(22-2)7-13(19-15)23-3/h4-8H,1-3H3,(H,18,19,20,21)/t8-/m1/s1. The molecule has 0 fully saturated rings. The van der Waals surface area contributed by atoms with Gasteiger partial charge in [0.25, 0.3) is 5.91 Å². The van der Waals surface area contributed by atoms with Crippen molar-refractivity contribution in [2.45, 2.75) is 13.0 Å². The van der Waals surface area contributed by atoms with Crippen LogP contribution in [0.1, 0.15) is 6.92 Å². The Balaban J connectivity index is 2.08. The number of anilines is 1. The Kier molecular flexibility index (Phi) is 6.05. The molecule has 0 aliphatic carbocycles. The molecule has 0 saturated heterocycles. The minimum absolute atomic E-state index is 0.0360. The van der Waals surface area contributed by atoms with E-state index in [-0.39, 0.29) is 17.7 Å². The predicted octanol–water partition coefficient (Wildman–Crippen LogP) is 3.21. The van der Waals surface area contributed by atoms with Crippen LogP contribution in [0.4, 0.5) is 5.95 Å². The Labute approximate surface area is 148 Å². The molecule has 1 heterocycles. The summed E-state index contributed by atoms with van der Waals surface area (Å²) in [5, 5.41) is 3.31. The number of nitrogens with zero attached hydrogens (tertiary/aromatic N) is 2. The Morgan fingerprint density at radius 1 is 1.12 bits per heavy atom. The molecule has 0 saturated carbocycles. The summed E-state index contributed by atoms with van der Waals surface area (Å²) in [5.74, 6) is 0.427. The Morgan fingerprint density at radius 3 is 2.29 bits per heavy atom. The number of benzene rings is 1. The predicted molar refractivity (Wildman–Crippen MR) is 90.3 cm³/mol. The second-order valence-electron chi connectivity index (χ2n) is 4.60. The Bertz CT molecular complexity index is 720. The van der Waals surface area contributed by atoms with Crippen LogP contribution in [0.5, 0.6) is 17.5 Å². The minimum atomic E-state index is -0.843. The number of hydrogen-bond acceptors (Lipinski definition) is 6. The summed E-state index contributed by atoms with van der Waals surface area (Å²) in [6.07, 6.45) is -0.843. The fraction of sp³-hybridized carbons (Fsp3) is 0.267. The summed E-state index contributed by atoms with van der Waals surface area (Å²) in [7, 11) is 2.89. The quantitative estimate of drug-likeness (QED) is 0.839. The highest BCUT2D eigenvalue weighted by atomic mass is 35.5. The van der Waals surface area contributed by atoms with Crippen LogP contribution in [0.15, 0.2) is 24.3 Å². The monoisotopic (exact) mass is 371 g/mol. The molecule has 1 amide bonds. The van der Waals surface area contributed by atoms with Gasteiger partial charge in [-0.3, -0.25) is 10.1 Å². The maximum absolute atomic E-state index is 12.2. The summed E-state index contributed by atoms with van der Waals surface area (Å²) >= 11 is 11.8. The zero-order valence-electron chi connectivity index (χ0n) is 13.2. The fourth-order valence-corrected chi connectivity index (χ4v) is 2.15. The van der Waals surface area contributed by atoms with Crippen molar-refractivity contribution in [3.8, 4) is 17.5 Å². The lowest BCUT2D eigenvalue weighted by molar-refractivity contribution is -0.122. The van der Waals surface area contributed by atoms with E-state index in [4.69, 9.17) is 37.4 Å². The van der Waals surface area contributed by atoms with E-state index in [2.05, 4.69) is 15.3 Å². The molecular weight excluding hydrogens is 357 g/mol. The molecule has 0 spiro atoms. The molecule has 0 unspecified atom stereocenters. The summed E-state index contributed by atoms with van der Waals surface area (Å²) < 4.78 is 15.6. The third-order valence-corrected chi connectivity index (χ3v) is 3.43. The fourth-order valence-electron chi connectivity index (χ4n) is 1.70. The van der Waals surface area contributed by atoms with Crippen LogP contribution in [0, 0.1) is 0 Å². The number of carbonyl (C=O) groups excluding carboxylic acids is 1. The smallest absolute Gasteiger partial charge is 0.267 e. The first-order valence-corrected chi connectivity index (χ1v) is 7.58. The van der Waals surface area contributed by atoms with Gasteiger partial charge in [-0.15, -0.1) is 0 Å². The molecule has 7 nitrogen and oxygen atoms in total. The summed E-state index contributed by atoms with van der Waals surface area (Å²) in [5.41, 5.74) is 0. The van der Waals surface area contributed by atoms with Gasteiger partial charge in [-0.2, -0.15) is 9.97 Å². The van der Waals surface area contributed by atoms with Crippen molar-refractivity contribution in [3.63, 3.8) is 0 Å². The molecule has 9 heteroatoms. The summed E-state index contributed by atoms with van der Waals surface area (Å²) in [4.78, 5) is 20.3. The van der Waals surface area contributed by atoms with E-state index in [0.29, 0.717) is 15.8 Å². The molecule has 0 bridgehead atoms. The first kappa shape index (κ1) is 18.1. The van der Waals surface area contributed by atoms with Crippen LogP contribution in [-0.4, -0.2) is 36.2 Å². The zero-order valence-corrected chi connectivity index (χ0v) is 14.7. The first-order valence-electron chi connectivity index (χ1n) is 6.82. The Morgan fingerprint density at radius 2 is 1.75 bits per heavy atom. The van der Waals surface area contributed by atoms with E-state index in [1.807, 2.05) is 0 Å². The molecule has 0 radical (unpaired) electrons. The van der Waals surface area contributed by atoms with E-state index in [1.54, 1.807) is 19.1 Å². The van der Waals surface area contributed by atoms with Crippen molar-refractivity contribution in [1.82, 2.24) is 9.97 Å². The van der Waals surface area contributed by atoms with E-state index < -0.39 is 12.0 Å². The molecule has 2 rings (SSSR count). The van der Waals surface area contributed by atoms with Gasteiger partial charge in [-0.25, -0.2) is 0 Å². The van der Waals surface area contributed by atoms with Gasteiger partial charge in [0, 0.05) is 5.02 Å². The maximum atomic E-state index is 12.2. The number of nitrogens with one attached hydrogen (secondary N) is 1. The highest BCUT2D eigenvalue weighted by Gasteiger charge is 2.18. The highest BCUT2D eigenvalue weighted by Crippen LogP contribution is 2.28. The third kappa shape index (κ3) is 4.62. The second kappa shape index (κ2) is 8.03. The number of amides is 1. The zero-order chi connectivity index (χ0) is 17.7. The lowest BCUT2D eigenvalue weighted by atomic mass is 10.3. The molecule has 1 atom stereocenters. The average molecular weight is 372 g/mol. The second-order valence-corrected chi connectivity index (χ2v) is 5.44. The number of halogens is 2. The van der Waals surface area contributed by atoms with Crippen molar-refractivity contribution >= 4 is 35.1 Å². The van der Waals surface area contributed by atoms with Crippen molar-refractivity contribution in [2.24, 2.45) is 0 Å². The van der Waals surface area contributed by atoms with Gasteiger partial charge < -0.3 is 14.2 Å². The lowest BCUT2D eigenvalue weighted by Gasteiger charge is -2.15. The van der Waals surface area contributed by atoms with Crippen molar-refractivity contribution < 1.29 is 19.0 Å². The van der Waals surface area contributed by atoms with Gasteiger partial charge >= 0.3 is 0 Å². The maximum Gasteiger partial charge on any atom is 0.267 e. The summed E-state index contributed by atoms with van der Waals surface area (Å²) in [6, 6.07) is 6.21. The van der Waals surface area contributed by atoms with Crippen LogP contribution in [-0.2, 0) is 4.79 Å². The topological polar surface area (TPSA) is 82.6 Å². The molecule has 1 aromatic carbocycles. The van der Waals surface area contributed by atoms with Gasteiger partial charge in [0.05, 0.1) is 25.3 Å². The van der Waals surface area contributed by atoms with Crippen molar-refractivity contribution in [2.75, 3.05) is 19.5 Å². The van der Waals surface area contributed by atoms with E-state index >= 15 is 0 Å². The largest absolute Gasteiger partial charge is 0.481 e. The molecule has 1 N–H and O–H groups in total. The molecule has 0 aliphatic heterocycles. The average Bonchev–Trinajstić information content (AvgIpc) is 2.56. The van der Waals surface area contributed by atoms with Gasteiger partial charge in [0.15, 0.2) is 6.10 Å². The number of aromatic nitrogens is 2. The minimum Gasteiger partial charge on any atom is -0.481 e. The molecular formula is C15H15Cl2N3O4. The van der Waals surface area contributed by atoms with E-state index in [0.717, 1.165) is 0 Å². The van der Waals surface area contributed by atoms with Crippen LogP contribution in [0.3, 0.4) is 0 Å². The molecule has 24 heavy (non-hydrogen) atoms. The molecule has 1 aromatic heterocycles. The van der Waals surface area contributed by atoms with Crippen LogP contribution in [0.2, 0.25) is 10.0 Å².